The zero-order valence-corrected chi connectivity index (χ0v) is 13.0. The smallest absolute Gasteiger partial charge is 0.328 e. The maximum Gasteiger partial charge on any atom is 0.328 e. The molecule has 114 valence electrons. The van der Waals surface area contributed by atoms with Crippen LogP contribution in [0.5, 0.6) is 0 Å². The van der Waals surface area contributed by atoms with Gasteiger partial charge < -0.3 is 15.3 Å². The summed E-state index contributed by atoms with van der Waals surface area (Å²) < 4.78 is 0. The van der Waals surface area contributed by atoms with Crippen LogP contribution in [0.1, 0.15) is 26.5 Å². The molecule has 0 atom stereocenters. The normalized spacial score (nSPS) is 10.6. The van der Waals surface area contributed by atoms with E-state index in [1.165, 1.54) is 22.3 Å². The number of carboxylic acid groups (broad SMARTS) is 1. The van der Waals surface area contributed by atoms with E-state index in [4.69, 9.17) is 5.11 Å². The van der Waals surface area contributed by atoms with Crippen LogP contribution in [0.4, 0.5) is 0 Å². The quantitative estimate of drug-likeness (QED) is 0.777. The van der Waals surface area contributed by atoms with Gasteiger partial charge >= 0.3 is 5.97 Å². The number of thiophene rings is 1. The summed E-state index contributed by atoms with van der Waals surface area (Å²) >= 11 is 1.24. The summed E-state index contributed by atoms with van der Waals surface area (Å²) in [4.78, 5) is 36.6. The van der Waals surface area contributed by atoms with Gasteiger partial charge in [0, 0.05) is 38.0 Å². The van der Waals surface area contributed by atoms with Crippen LogP contribution in [0.25, 0.3) is 6.08 Å². The van der Waals surface area contributed by atoms with E-state index in [1.807, 2.05) is 6.92 Å². The summed E-state index contributed by atoms with van der Waals surface area (Å²) in [6.45, 7) is 2.15. The number of carbonyl (C=O) groups is 3. The van der Waals surface area contributed by atoms with Crippen LogP contribution in [0, 0.1) is 6.92 Å². The summed E-state index contributed by atoms with van der Waals surface area (Å²) in [5.41, 5.74) is 0.848. The Morgan fingerprint density at radius 2 is 2.10 bits per heavy atom. The molecule has 2 N–H and O–H groups in total. The first-order valence-electron chi connectivity index (χ1n) is 6.32. The van der Waals surface area contributed by atoms with Crippen LogP contribution in [-0.2, 0) is 9.59 Å². The second-order valence-corrected chi connectivity index (χ2v) is 5.56. The molecule has 0 saturated heterocycles. The number of nitrogens with zero attached hydrogens (tertiary/aromatic N) is 1. The lowest BCUT2D eigenvalue weighted by Gasteiger charge is -2.15. The molecule has 0 aliphatic rings. The second kappa shape index (κ2) is 7.58. The summed E-state index contributed by atoms with van der Waals surface area (Å²) in [6, 6.07) is 1.73. The molecule has 7 heteroatoms. The van der Waals surface area contributed by atoms with Crippen molar-refractivity contribution < 1.29 is 19.5 Å². The SMILES string of the molecule is CNC(=O)CCN(C)C(=O)c1cc(C)c(/C=C/C(=O)O)s1. The van der Waals surface area contributed by atoms with Crippen molar-refractivity contribution in [3.63, 3.8) is 0 Å². The molecule has 0 bridgehead atoms. The van der Waals surface area contributed by atoms with Crippen molar-refractivity contribution in [2.45, 2.75) is 13.3 Å². The van der Waals surface area contributed by atoms with Gasteiger partial charge in [0.25, 0.3) is 5.91 Å². The Balaban J connectivity index is 2.76. The molecular formula is C14H18N2O4S. The first-order chi connectivity index (χ1) is 9.85. The van der Waals surface area contributed by atoms with Gasteiger partial charge in [0.1, 0.15) is 0 Å². The topological polar surface area (TPSA) is 86.7 Å². The highest BCUT2D eigenvalue weighted by Gasteiger charge is 2.16. The van der Waals surface area contributed by atoms with Crippen LogP contribution in [0.2, 0.25) is 0 Å². The van der Waals surface area contributed by atoms with Gasteiger partial charge in [-0.05, 0) is 24.6 Å². The lowest BCUT2D eigenvalue weighted by Crippen LogP contribution is -2.30. The van der Waals surface area contributed by atoms with Crippen molar-refractivity contribution in [2.24, 2.45) is 0 Å². The zero-order chi connectivity index (χ0) is 16.0. The Labute approximate surface area is 127 Å². The van der Waals surface area contributed by atoms with E-state index < -0.39 is 5.97 Å². The van der Waals surface area contributed by atoms with Gasteiger partial charge in [-0.15, -0.1) is 11.3 Å². The number of hydrogen-bond donors (Lipinski definition) is 2. The van der Waals surface area contributed by atoms with Gasteiger partial charge in [-0.1, -0.05) is 0 Å². The van der Waals surface area contributed by atoms with Crippen LogP contribution in [-0.4, -0.2) is 48.4 Å². The van der Waals surface area contributed by atoms with E-state index in [0.717, 1.165) is 16.5 Å². The van der Waals surface area contributed by atoms with Crippen LogP contribution < -0.4 is 5.32 Å². The number of carbonyl (C=O) groups excluding carboxylic acids is 2. The fraction of sp³-hybridized carbons (Fsp3) is 0.357. The molecule has 21 heavy (non-hydrogen) atoms. The van der Waals surface area contributed by atoms with E-state index in [-0.39, 0.29) is 18.2 Å². The molecular weight excluding hydrogens is 292 g/mol. The molecule has 0 aliphatic carbocycles. The van der Waals surface area contributed by atoms with E-state index in [0.29, 0.717) is 11.4 Å². The number of rotatable bonds is 6. The van der Waals surface area contributed by atoms with Crippen molar-refractivity contribution >= 4 is 35.2 Å². The van der Waals surface area contributed by atoms with Gasteiger partial charge in [-0.3, -0.25) is 9.59 Å². The Morgan fingerprint density at radius 3 is 2.67 bits per heavy atom. The molecule has 0 aliphatic heterocycles. The maximum atomic E-state index is 12.2. The van der Waals surface area contributed by atoms with Gasteiger partial charge in [-0.2, -0.15) is 0 Å². The van der Waals surface area contributed by atoms with Crippen molar-refractivity contribution in [1.29, 1.82) is 0 Å². The van der Waals surface area contributed by atoms with Crippen LogP contribution >= 0.6 is 11.3 Å². The minimum Gasteiger partial charge on any atom is -0.478 e. The highest BCUT2D eigenvalue weighted by Crippen LogP contribution is 2.24. The van der Waals surface area contributed by atoms with Crippen molar-refractivity contribution in [3.8, 4) is 0 Å². The zero-order valence-electron chi connectivity index (χ0n) is 12.2. The summed E-state index contributed by atoms with van der Waals surface area (Å²) in [5.74, 6) is -1.33. The van der Waals surface area contributed by atoms with Crippen LogP contribution in [0.15, 0.2) is 12.1 Å². The molecule has 0 saturated carbocycles. The molecule has 0 aromatic carbocycles. The molecule has 1 aromatic rings. The lowest BCUT2D eigenvalue weighted by molar-refractivity contribution is -0.131. The number of nitrogens with one attached hydrogen (secondary N) is 1. The molecule has 0 radical (unpaired) electrons. The fourth-order valence-corrected chi connectivity index (χ4v) is 2.67. The minimum absolute atomic E-state index is 0.123. The number of amides is 2. The number of aryl methyl sites for hydroxylation is 1. The van der Waals surface area contributed by atoms with E-state index >= 15 is 0 Å². The Kier molecular flexibility index (Phi) is 6.10. The predicted octanol–water partition coefficient (Wildman–Crippen LogP) is 1.36. The molecule has 1 rings (SSSR count). The predicted molar refractivity (Wildman–Crippen MR) is 81.4 cm³/mol. The standard InChI is InChI=1S/C14H18N2O4S/c1-9-8-11(21-10(9)4-5-13(18)19)14(20)16(3)7-6-12(17)15-2/h4-5,8H,6-7H2,1-3H3,(H,15,17)(H,18,19)/b5-4+. The number of carboxylic acids is 1. The molecule has 0 unspecified atom stereocenters. The summed E-state index contributed by atoms with van der Waals surface area (Å²) in [7, 11) is 3.18. The molecule has 0 spiro atoms. The summed E-state index contributed by atoms with van der Waals surface area (Å²) in [6.07, 6.45) is 2.76. The molecule has 2 amide bonds. The third-order valence-electron chi connectivity index (χ3n) is 2.84. The Morgan fingerprint density at radius 1 is 1.43 bits per heavy atom. The van der Waals surface area contributed by atoms with E-state index in [9.17, 15) is 14.4 Å². The molecule has 0 fully saturated rings. The van der Waals surface area contributed by atoms with Crippen molar-refractivity contribution in [2.75, 3.05) is 20.6 Å². The van der Waals surface area contributed by atoms with E-state index in [2.05, 4.69) is 5.32 Å². The van der Waals surface area contributed by atoms with Gasteiger partial charge in [0.05, 0.1) is 4.88 Å². The lowest BCUT2D eigenvalue weighted by atomic mass is 10.2. The third-order valence-corrected chi connectivity index (χ3v) is 4.03. The maximum absolute atomic E-state index is 12.2. The Hall–Kier alpha value is -2.15. The average molecular weight is 310 g/mol. The Bertz CT molecular complexity index is 578. The number of aliphatic carboxylic acids is 1. The molecule has 6 nitrogen and oxygen atoms in total. The largest absolute Gasteiger partial charge is 0.478 e. The molecule has 1 aromatic heterocycles. The highest BCUT2D eigenvalue weighted by atomic mass is 32.1. The second-order valence-electron chi connectivity index (χ2n) is 4.48. The minimum atomic E-state index is -1.03. The van der Waals surface area contributed by atoms with Gasteiger partial charge in [-0.25, -0.2) is 4.79 Å². The summed E-state index contributed by atoms with van der Waals surface area (Å²) in [5, 5.41) is 11.1. The number of hydrogen-bond acceptors (Lipinski definition) is 4. The fourth-order valence-electron chi connectivity index (χ4n) is 1.60. The first kappa shape index (κ1) is 16.9. The van der Waals surface area contributed by atoms with E-state index in [1.54, 1.807) is 20.2 Å². The van der Waals surface area contributed by atoms with Crippen molar-refractivity contribution in [1.82, 2.24) is 10.2 Å². The van der Waals surface area contributed by atoms with Crippen LogP contribution in [0.3, 0.4) is 0 Å². The van der Waals surface area contributed by atoms with Crippen molar-refractivity contribution in [3.05, 3.63) is 27.5 Å². The van der Waals surface area contributed by atoms with Gasteiger partial charge in [0.15, 0.2) is 0 Å². The average Bonchev–Trinajstić information content (AvgIpc) is 2.82. The monoisotopic (exact) mass is 310 g/mol. The van der Waals surface area contributed by atoms with Gasteiger partial charge in [0.2, 0.25) is 5.91 Å². The molecule has 1 heterocycles. The highest BCUT2D eigenvalue weighted by molar-refractivity contribution is 7.15. The third kappa shape index (κ3) is 5.03. The first-order valence-corrected chi connectivity index (χ1v) is 7.14.